The molecule has 0 fully saturated rings. The van der Waals surface area contributed by atoms with E-state index in [2.05, 4.69) is 19.4 Å². The maximum Gasteiger partial charge on any atom is 0.421 e. The lowest BCUT2D eigenvalue weighted by molar-refractivity contribution is 0.158. The quantitative estimate of drug-likeness (QED) is 0.697. The fourth-order valence-corrected chi connectivity index (χ4v) is 2.28. The van der Waals surface area contributed by atoms with Crippen molar-refractivity contribution in [2.45, 2.75) is 26.3 Å². The third-order valence-electron chi connectivity index (χ3n) is 2.05. The molecule has 1 unspecified atom stereocenters. The van der Waals surface area contributed by atoms with Crippen LogP contribution in [0.25, 0.3) is 0 Å². The Bertz CT molecular complexity index is 471. The Morgan fingerprint density at radius 1 is 1.56 bits per heavy atom. The van der Waals surface area contributed by atoms with Crippen molar-refractivity contribution in [1.82, 2.24) is 19.4 Å². The standard InChI is InChI=1S/C9H16N4O4S/c1-3-7(8-10-5-6-11-8)12-18(15,16)13-9(14)17-4-2/h5-7,12H,3-4H2,1-2H3,(H,10,11)(H,13,14). The summed E-state index contributed by atoms with van der Waals surface area (Å²) in [6.45, 7) is 3.47. The molecule has 1 aromatic rings. The molecule has 0 spiro atoms. The third kappa shape index (κ3) is 4.34. The van der Waals surface area contributed by atoms with Gasteiger partial charge in [0.15, 0.2) is 0 Å². The van der Waals surface area contributed by atoms with Crippen molar-refractivity contribution in [3.8, 4) is 0 Å². The number of nitrogens with one attached hydrogen (secondary N) is 3. The van der Waals surface area contributed by atoms with Crippen LogP contribution in [0.1, 0.15) is 32.1 Å². The van der Waals surface area contributed by atoms with Crippen LogP contribution in [0.4, 0.5) is 4.79 Å². The van der Waals surface area contributed by atoms with Crippen LogP contribution in [-0.2, 0) is 14.9 Å². The molecule has 0 saturated heterocycles. The molecular formula is C9H16N4O4S. The molecular weight excluding hydrogens is 260 g/mol. The van der Waals surface area contributed by atoms with Gasteiger partial charge in [-0.25, -0.2) is 14.5 Å². The van der Waals surface area contributed by atoms with Gasteiger partial charge >= 0.3 is 16.3 Å². The topological polar surface area (TPSA) is 113 Å². The highest BCUT2D eigenvalue weighted by atomic mass is 32.2. The zero-order valence-corrected chi connectivity index (χ0v) is 11.0. The minimum Gasteiger partial charge on any atom is -0.449 e. The second kappa shape index (κ2) is 6.36. The Morgan fingerprint density at radius 3 is 2.78 bits per heavy atom. The van der Waals surface area contributed by atoms with Crippen LogP contribution in [0.3, 0.4) is 0 Å². The number of amides is 1. The number of aromatic nitrogens is 2. The van der Waals surface area contributed by atoms with Gasteiger partial charge in [-0.05, 0) is 13.3 Å². The monoisotopic (exact) mass is 276 g/mol. The predicted octanol–water partition coefficient (Wildman–Crippen LogP) is 0.441. The fourth-order valence-electron chi connectivity index (χ4n) is 1.29. The molecule has 0 radical (unpaired) electrons. The largest absolute Gasteiger partial charge is 0.449 e. The molecule has 18 heavy (non-hydrogen) atoms. The summed E-state index contributed by atoms with van der Waals surface area (Å²) in [6, 6.07) is -0.535. The number of ether oxygens (including phenoxy) is 1. The first-order valence-electron chi connectivity index (χ1n) is 5.44. The molecule has 1 rings (SSSR count). The van der Waals surface area contributed by atoms with Crippen molar-refractivity contribution in [3.05, 3.63) is 18.2 Å². The molecule has 0 aliphatic heterocycles. The van der Waals surface area contributed by atoms with Gasteiger partial charge < -0.3 is 9.72 Å². The van der Waals surface area contributed by atoms with Gasteiger partial charge in [0.2, 0.25) is 0 Å². The Hall–Kier alpha value is -1.61. The number of nitrogens with zero attached hydrogens (tertiary/aromatic N) is 1. The van der Waals surface area contributed by atoms with Crippen LogP contribution in [0.2, 0.25) is 0 Å². The number of carbonyl (C=O) groups is 1. The highest BCUT2D eigenvalue weighted by Crippen LogP contribution is 2.11. The molecule has 0 saturated carbocycles. The van der Waals surface area contributed by atoms with Gasteiger partial charge in [-0.1, -0.05) is 6.92 Å². The van der Waals surface area contributed by atoms with Gasteiger partial charge in [-0.2, -0.15) is 13.1 Å². The van der Waals surface area contributed by atoms with Gasteiger partial charge in [0, 0.05) is 12.4 Å². The van der Waals surface area contributed by atoms with Crippen LogP contribution in [-0.4, -0.2) is 31.1 Å². The van der Waals surface area contributed by atoms with Crippen molar-refractivity contribution in [2.75, 3.05) is 6.61 Å². The Kier molecular flexibility index (Phi) is 5.10. The van der Waals surface area contributed by atoms with E-state index in [-0.39, 0.29) is 6.61 Å². The average molecular weight is 276 g/mol. The van der Waals surface area contributed by atoms with Crippen molar-refractivity contribution in [2.24, 2.45) is 0 Å². The lowest BCUT2D eigenvalue weighted by atomic mass is 10.2. The summed E-state index contributed by atoms with van der Waals surface area (Å²) in [4.78, 5) is 17.8. The van der Waals surface area contributed by atoms with Crippen molar-refractivity contribution < 1.29 is 17.9 Å². The summed E-state index contributed by atoms with van der Waals surface area (Å²) in [5, 5.41) is 0. The molecule has 1 aromatic heterocycles. The first kappa shape index (κ1) is 14.5. The number of carbonyl (C=O) groups excluding carboxylic acids is 1. The van der Waals surface area contributed by atoms with Crippen molar-refractivity contribution >= 4 is 16.3 Å². The molecule has 0 aliphatic rings. The van der Waals surface area contributed by atoms with Gasteiger partial charge in [0.25, 0.3) is 0 Å². The minimum absolute atomic E-state index is 0.0940. The van der Waals surface area contributed by atoms with E-state index in [0.717, 1.165) is 0 Å². The van der Waals surface area contributed by atoms with Crippen LogP contribution < -0.4 is 9.44 Å². The Morgan fingerprint density at radius 2 is 2.28 bits per heavy atom. The zero-order chi connectivity index (χ0) is 13.6. The molecule has 8 nitrogen and oxygen atoms in total. The molecule has 102 valence electrons. The highest BCUT2D eigenvalue weighted by molar-refractivity contribution is 7.88. The third-order valence-corrected chi connectivity index (χ3v) is 3.08. The lowest BCUT2D eigenvalue weighted by Crippen LogP contribution is -2.42. The number of aromatic amines is 1. The SMILES string of the molecule is CCOC(=O)NS(=O)(=O)NC(CC)c1ncc[nH]1. The summed E-state index contributed by atoms with van der Waals surface area (Å²) in [5.74, 6) is 0.478. The van der Waals surface area contributed by atoms with Crippen LogP contribution in [0.5, 0.6) is 0 Å². The molecule has 3 N–H and O–H groups in total. The normalized spacial score (nSPS) is 13.0. The van der Waals surface area contributed by atoms with Gasteiger partial charge in [-0.15, -0.1) is 0 Å². The van der Waals surface area contributed by atoms with E-state index in [0.29, 0.717) is 12.2 Å². The second-order valence-corrected chi connectivity index (χ2v) is 4.83. The number of H-pyrrole nitrogens is 1. The summed E-state index contributed by atoms with van der Waals surface area (Å²) in [5.41, 5.74) is 0. The van der Waals surface area contributed by atoms with E-state index in [1.807, 2.05) is 0 Å². The summed E-state index contributed by atoms with van der Waals surface area (Å²) in [7, 11) is -3.97. The molecule has 0 aliphatic carbocycles. The minimum atomic E-state index is -3.97. The molecule has 1 heterocycles. The van der Waals surface area contributed by atoms with Crippen LogP contribution >= 0.6 is 0 Å². The maximum absolute atomic E-state index is 11.6. The molecule has 0 aromatic carbocycles. The predicted molar refractivity (Wildman–Crippen MR) is 63.8 cm³/mol. The van der Waals surface area contributed by atoms with E-state index in [4.69, 9.17) is 0 Å². The van der Waals surface area contributed by atoms with Crippen LogP contribution in [0.15, 0.2) is 12.4 Å². The fraction of sp³-hybridized carbons (Fsp3) is 0.556. The van der Waals surface area contributed by atoms with E-state index in [9.17, 15) is 13.2 Å². The summed E-state index contributed by atoms with van der Waals surface area (Å²) in [6.07, 6.45) is 2.58. The second-order valence-electron chi connectivity index (χ2n) is 3.38. The van der Waals surface area contributed by atoms with Crippen molar-refractivity contribution in [3.63, 3.8) is 0 Å². The van der Waals surface area contributed by atoms with Crippen molar-refractivity contribution in [1.29, 1.82) is 0 Å². The van der Waals surface area contributed by atoms with Gasteiger partial charge in [0.1, 0.15) is 5.82 Å². The summed E-state index contributed by atoms with van der Waals surface area (Å²) >= 11 is 0. The lowest BCUT2D eigenvalue weighted by Gasteiger charge is -2.15. The molecule has 1 amide bonds. The molecule has 1 atom stereocenters. The highest BCUT2D eigenvalue weighted by Gasteiger charge is 2.21. The van der Waals surface area contributed by atoms with Gasteiger partial charge in [-0.3, -0.25) is 0 Å². The Labute approximate surface area is 105 Å². The number of hydrogen-bond acceptors (Lipinski definition) is 5. The smallest absolute Gasteiger partial charge is 0.421 e. The zero-order valence-electron chi connectivity index (χ0n) is 10.1. The maximum atomic E-state index is 11.6. The van der Waals surface area contributed by atoms with Crippen LogP contribution in [0, 0.1) is 0 Å². The number of imidazole rings is 1. The first-order chi connectivity index (χ1) is 8.48. The number of hydrogen-bond donors (Lipinski definition) is 3. The van der Waals surface area contributed by atoms with E-state index in [1.165, 1.54) is 6.20 Å². The molecule has 9 heteroatoms. The first-order valence-corrected chi connectivity index (χ1v) is 6.93. The van der Waals surface area contributed by atoms with E-state index in [1.54, 1.807) is 24.8 Å². The van der Waals surface area contributed by atoms with E-state index < -0.39 is 22.3 Å². The molecule has 0 bridgehead atoms. The average Bonchev–Trinajstić information content (AvgIpc) is 2.78. The Balaban J connectivity index is 2.66. The number of rotatable bonds is 6. The van der Waals surface area contributed by atoms with Gasteiger partial charge in [0.05, 0.1) is 12.6 Å². The van der Waals surface area contributed by atoms with E-state index >= 15 is 0 Å². The summed E-state index contributed by atoms with van der Waals surface area (Å²) < 4.78 is 31.8.